The van der Waals surface area contributed by atoms with E-state index >= 15 is 0 Å². The van der Waals surface area contributed by atoms with Crippen LogP contribution >= 0.6 is 12.2 Å². The lowest BCUT2D eigenvalue weighted by atomic mass is 10.6. The summed E-state index contributed by atoms with van der Waals surface area (Å²) in [4.78, 5) is 0. The molecule has 0 unspecified atom stereocenters. The molecule has 0 atom stereocenters. The highest BCUT2D eigenvalue weighted by atomic mass is 32.1. The summed E-state index contributed by atoms with van der Waals surface area (Å²) < 4.78 is 4.04. The fourth-order valence-electron chi connectivity index (χ4n) is 0.965. The molecule has 2 aromatic rings. The van der Waals surface area contributed by atoms with E-state index in [4.69, 9.17) is 12.2 Å². The quantitative estimate of drug-likeness (QED) is 0.658. The van der Waals surface area contributed by atoms with Gasteiger partial charge in [-0.25, -0.2) is 0 Å². The van der Waals surface area contributed by atoms with Crippen molar-refractivity contribution >= 4 is 12.2 Å². The lowest BCUT2D eigenvalue weighted by Gasteiger charge is -1.91. The minimum atomic E-state index is 0.572. The number of H-pyrrole nitrogens is 1. The molecule has 0 radical (unpaired) electrons. The van der Waals surface area contributed by atoms with Gasteiger partial charge in [-0.1, -0.05) is 0 Å². The standard InChI is InChI=1S/C6H7N5S/c1-10-3-5(2-8-10)11-4-7-9-6(11)12/h2-4H,1H3,(H,9,12). The molecule has 12 heavy (non-hydrogen) atoms. The van der Waals surface area contributed by atoms with Gasteiger partial charge in [-0.15, -0.1) is 0 Å². The van der Waals surface area contributed by atoms with E-state index in [1.807, 2.05) is 13.2 Å². The summed E-state index contributed by atoms with van der Waals surface area (Å²) in [5, 5.41) is 10.5. The van der Waals surface area contributed by atoms with Crippen molar-refractivity contribution in [1.82, 2.24) is 24.5 Å². The Balaban J connectivity index is 2.58. The lowest BCUT2D eigenvalue weighted by Crippen LogP contribution is -1.89. The fourth-order valence-corrected chi connectivity index (χ4v) is 1.17. The molecule has 6 heteroatoms. The van der Waals surface area contributed by atoms with Gasteiger partial charge in [0.25, 0.3) is 0 Å². The molecule has 0 aliphatic heterocycles. The summed E-state index contributed by atoms with van der Waals surface area (Å²) in [5.41, 5.74) is 0.913. The molecule has 62 valence electrons. The average molecular weight is 181 g/mol. The van der Waals surface area contributed by atoms with Gasteiger partial charge in [0, 0.05) is 13.2 Å². The van der Waals surface area contributed by atoms with E-state index in [0.29, 0.717) is 4.77 Å². The third-order valence-electron chi connectivity index (χ3n) is 1.52. The summed E-state index contributed by atoms with van der Waals surface area (Å²) in [5.74, 6) is 0. The highest BCUT2D eigenvalue weighted by molar-refractivity contribution is 7.71. The number of hydrogen-bond acceptors (Lipinski definition) is 3. The van der Waals surface area contributed by atoms with Gasteiger partial charge in [0.2, 0.25) is 0 Å². The molecule has 2 rings (SSSR count). The van der Waals surface area contributed by atoms with E-state index in [9.17, 15) is 0 Å². The first-order valence-electron chi connectivity index (χ1n) is 3.38. The van der Waals surface area contributed by atoms with E-state index in [0.717, 1.165) is 5.69 Å². The molecule has 0 aromatic carbocycles. The zero-order chi connectivity index (χ0) is 8.55. The number of rotatable bonds is 1. The Bertz CT molecular complexity index is 436. The largest absolute Gasteiger partial charge is 0.274 e. The molecule has 0 saturated heterocycles. The SMILES string of the molecule is Cn1cc(-n2cn[nH]c2=S)cn1. The van der Waals surface area contributed by atoms with E-state index < -0.39 is 0 Å². The normalized spacial score (nSPS) is 10.4. The number of aromatic nitrogens is 5. The minimum Gasteiger partial charge on any atom is -0.274 e. The molecule has 0 saturated carbocycles. The molecule has 0 spiro atoms. The van der Waals surface area contributed by atoms with Gasteiger partial charge in [-0.3, -0.25) is 14.3 Å². The summed E-state index contributed by atoms with van der Waals surface area (Å²) in [6, 6.07) is 0. The van der Waals surface area contributed by atoms with Gasteiger partial charge in [0.1, 0.15) is 6.33 Å². The monoisotopic (exact) mass is 181 g/mol. The van der Waals surface area contributed by atoms with Gasteiger partial charge in [-0.2, -0.15) is 10.2 Å². The van der Waals surface area contributed by atoms with Gasteiger partial charge >= 0.3 is 0 Å². The second-order valence-corrected chi connectivity index (χ2v) is 2.79. The van der Waals surface area contributed by atoms with Crippen molar-refractivity contribution in [3.63, 3.8) is 0 Å². The van der Waals surface area contributed by atoms with Crippen molar-refractivity contribution in [2.24, 2.45) is 7.05 Å². The predicted molar refractivity (Wildman–Crippen MR) is 45.5 cm³/mol. The minimum absolute atomic E-state index is 0.572. The number of hydrogen-bond donors (Lipinski definition) is 1. The molecule has 0 aliphatic carbocycles. The van der Waals surface area contributed by atoms with Crippen LogP contribution in [0.3, 0.4) is 0 Å². The van der Waals surface area contributed by atoms with Crippen LogP contribution in [0.25, 0.3) is 5.69 Å². The molecule has 2 aromatic heterocycles. The van der Waals surface area contributed by atoms with Gasteiger partial charge < -0.3 is 0 Å². The highest BCUT2D eigenvalue weighted by Crippen LogP contribution is 2.03. The van der Waals surface area contributed by atoms with Crippen LogP contribution in [0, 0.1) is 4.77 Å². The maximum atomic E-state index is 4.98. The molecule has 0 bridgehead atoms. The van der Waals surface area contributed by atoms with Crippen LogP contribution in [0.4, 0.5) is 0 Å². The Kier molecular flexibility index (Phi) is 1.54. The topological polar surface area (TPSA) is 51.4 Å². The molecule has 5 nitrogen and oxygen atoms in total. The molecule has 2 heterocycles. The molecule has 0 aliphatic rings. The van der Waals surface area contributed by atoms with Crippen LogP contribution in [-0.2, 0) is 7.05 Å². The van der Waals surface area contributed by atoms with Crippen LogP contribution < -0.4 is 0 Å². The predicted octanol–water partition coefficient (Wildman–Crippen LogP) is 0.663. The number of nitrogens with zero attached hydrogens (tertiary/aromatic N) is 4. The summed E-state index contributed by atoms with van der Waals surface area (Å²) in [7, 11) is 1.85. The molecule has 0 fully saturated rings. The third kappa shape index (κ3) is 1.06. The Morgan fingerprint density at radius 2 is 2.42 bits per heavy atom. The van der Waals surface area contributed by atoms with Crippen LogP contribution in [0.5, 0.6) is 0 Å². The Morgan fingerprint density at radius 3 is 2.92 bits per heavy atom. The van der Waals surface area contributed by atoms with E-state index in [1.165, 1.54) is 0 Å². The second-order valence-electron chi connectivity index (χ2n) is 2.40. The van der Waals surface area contributed by atoms with Gasteiger partial charge in [-0.05, 0) is 12.2 Å². The molecular formula is C6H7N5S. The first-order valence-corrected chi connectivity index (χ1v) is 3.79. The Hall–Kier alpha value is -1.43. The maximum Gasteiger partial charge on any atom is 0.199 e. The smallest absolute Gasteiger partial charge is 0.199 e. The summed E-state index contributed by atoms with van der Waals surface area (Å²) in [6.45, 7) is 0. The van der Waals surface area contributed by atoms with Crippen molar-refractivity contribution in [3.05, 3.63) is 23.5 Å². The van der Waals surface area contributed by atoms with Crippen molar-refractivity contribution < 1.29 is 0 Å². The van der Waals surface area contributed by atoms with Crippen LogP contribution in [-0.4, -0.2) is 24.5 Å². The van der Waals surface area contributed by atoms with Crippen molar-refractivity contribution in [2.45, 2.75) is 0 Å². The number of aromatic amines is 1. The zero-order valence-electron chi connectivity index (χ0n) is 6.43. The molecule has 1 N–H and O–H groups in total. The Labute approximate surface area is 73.6 Å². The van der Waals surface area contributed by atoms with Crippen LogP contribution in [0.15, 0.2) is 18.7 Å². The summed E-state index contributed by atoms with van der Waals surface area (Å²) >= 11 is 4.98. The van der Waals surface area contributed by atoms with Gasteiger partial charge in [0.05, 0.1) is 11.9 Å². The number of nitrogens with one attached hydrogen (secondary N) is 1. The van der Waals surface area contributed by atoms with E-state index in [-0.39, 0.29) is 0 Å². The van der Waals surface area contributed by atoms with Crippen molar-refractivity contribution in [1.29, 1.82) is 0 Å². The van der Waals surface area contributed by atoms with Gasteiger partial charge in [0.15, 0.2) is 4.77 Å². The first kappa shape index (κ1) is 7.23. The Morgan fingerprint density at radius 1 is 1.58 bits per heavy atom. The second kappa shape index (κ2) is 2.56. The molecular weight excluding hydrogens is 174 g/mol. The molecule has 0 amide bonds. The average Bonchev–Trinajstić information content (AvgIpc) is 2.58. The fraction of sp³-hybridized carbons (Fsp3) is 0.167. The first-order chi connectivity index (χ1) is 5.77. The maximum absolute atomic E-state index is 4.98. The highest BCUT2D eigenvalue weighted by Gasteiger charge is 1.99. The van der Waals surface area contributed by atoms with E-state index in [1.54, 1.807) is 21.8 Å². The van der Waals surface area contributed by atoms with Crippen molar-refractivity contribution in [3.8, 4) is 5.69 Å². The van der Waals surface area contributed by atoms with Crippen LogP contribution in [0.1, 0.15) is 0 Å². The third-order valence-corrected chi connectivity index (χ3v) is 1.81. The zero-order valence-corrected chi connectivity index (χ0v) is 7.25. The van der Waals surface area contributed by atoms with Crippen LogP contribution in [0.2, 0.25) is 0 Å². The number of aryl methyl sites for hydroxylation is 1. The van der Waals surface area contributed by atoms with Crippen molar-refractivity contribution in [2.75, 3.05) is 0 Å². The summed E-state index contributed by atoms with van der Waals surface area (Å²) in [6.07, 6.45) is 5.22. The lowest BCUT2D eigenvalue weighted by molar-refractivity contribution is 0.767. The van der Waals surface area contributed by atoms with E-state index in [2.05, 4.69) is 15.3 Å².